The largest absolute Gasteiger partial charge is 0.497 e. The molecule has 1 heterocycles. The molecule has 3 rings (SSSR count). The molecule has 6 nitrogen and oxygen atoms in total. The Labute approximate surface area is 146 Å². The van der Waals surface area contributed by atoms with Crippen LogP contribution in [0.3, 0.4) is 0 Å². The van der Waals surface area contributed by atoms with E-state index in [1.54, 1.807) is 29.2 Å². The number of rotatable bonds is 5. The van der Waals surface area contributed by atoms with Gasteiger partial charge in [-0.2, -0.15) is 0 Å². The number of ether oxygens (including phenoxy) is 2. The van der Waals surface area contributed by atoms with E-state index >= 15 is 0 Å². The smallest absolute Gasteiger partial charge is 0.259 e. The fraction of sp³-hybridized carbons (Fsp3) is 0.263. The lowest BCUT2D eigenvalue weighted by Gasteiger charge is -2.20. The van der Waals surface area contributed by atoms with Crippen molar-refractivity contribution in [3.05, 3.63) is 48.0 Å². The predicted octanol–water partition coefficient (Wildman–Crippen LogP) is 3.08. The van der Waals surface area contributed by atoms with Crippen LogP contribution >= 0.6 is 0 Å². The summed E-state index contributed by atoms with van der Waals surface area (Å²) >= 11 is 0. The summed E-state index contributed by atoms with van der Waals surface area (Å²) in [5, 5.41) is 2.88. The van der Waals surface area contributed by atoms with Crippen molar-refractivity contribution in [2.75, 3.05) is 31.0 Å². The molecule has 0 unspecified atom stereocenters. The molecule has 1 fully saturated rings. The maximum Gasteiger partial charge on any atom is 0.259 e. The molecule has 2 aromatic rings. The third kappa shape index (κ3) is 3.42. The minimum absolute atomic E-state index is 0.0701. The fourth-order valence-electron chi connectivity index (χ4n) is 2.90. The highest BCUT2D eigenvalue weighted by Crippen LogP contribution is 2.31. The second-order valence-corrected chi connectivity index (χ2v) is 5.69. The molecule has 1 aliphatic rings. The van der Waals surface area contributed by atoms with Gasteiger partial charge in [-0.05, 0) is 36.8 Å². The van der Waals surface area contributed by atoms with E-state index in [0.29, 0.717) is 41.4 Å². The summed E-state index contributed by atoms with van der Waals surface area (Å²) in [6.07, 6.45) is 1.36. The Hall–Kier alpha value is -3.02. The molecule has 0 aliphatic carbocycles. The Morgan fingerprint density at radius 3 is 2.60 bits per heavy atom. The van der Waals surface area contributed by atoms with Gasteiger partial charge in [0.15, 0.2) is 0 Å². The zero-order valence-corrected chi connectivity index (χ0v) is 14.2. The monoisotopic (exact) mass is 340 g/mol. The molecule has 0 saturated carbocycles. The van der Waals surface area contributed by atoms with Gasteiger partial charge in [0, 0.05) is 13.0 Å². The molecule has 0 aromatic heterocycles. The molecular weight excluding hydrogens is 320 g/mol. The third-order valence-electron chi connectivity index (χ3n) is 4.17. The minimum atomic E-state index is -0.324. The molecular formula is C19H20N2O4. The van der Waals surface area contributed by atoms with Crippen molar-refractivity contribution < 1.29 is 19.1 Å². The normalized spacial score (nSPS) is 13.7. The Morgan fingerprint density at radius 1 is 1.12 bits per heavy atom. The summed E-state index contributed by atoms with van der Waals surface area (Å²) in [4.78, 5) is 26.5. The lowest BCUT2D eigenvalue weighted by atomic mass is 10.1. The van der Waals surface area contributed by atoms with Crippen LogP contribution in [0.15, 0.2) is 42.5 Å². The third-order valence-corrected chi connectivity index (χ3v) is 4.17. The summed E-state index contributed by atoms with van der Waals surface area (Å²) in [6.45, 7) is 0.661. The second kappa shape index (κ2) is 7.25. The molecule has 1 N–H and O–H groups in total. The highest BCUT2D eigenvalue weighted by molar-refractivity contribution is 6.09. The number of nitrogens with one attached hydrogen (secondary N) is 1. The van der Waals surface area contributed by atoms with E-state index < -0.39 is 0 Å². The van der Waals surface area contributed by atoms with E-state index in [4.69, 9.17) is 9.47 Å². The molecule has 6 heteroatoms. The van der Waals surface area contributed by atoms with Gasteiger partial charge in [0.25, 0.3) is 5.91 Å². The van der Waals surface area contributed by atoms with Crippen LogP contribution in [0.2, 0.25) is 0 Å². The number of carbonyl (C=O) groups is 2. The Balaban J connectivity index is 1.91. The lowest BCUT2D eigenvalue weighted by Crippen LogP contribution is -2.25. The van der Waals surface area contributed by atoms with Crippen LogP contribution in [0.25, 0.3) is 0 Å². The van der Waals surface area contributed by atoms with Gasteiger partial charge in [0.2, 0.25) is 5.91 Å². The summed E-state index contributed by atoms with van der Waals surface area (Å²) in [7, 11) is 3.05. The van der Waals surface area contributed by atoms with Crippen molar-refractivity contribution >= 4 is 23.2 Å². The zero-order valence-electron chi connectivity index (χ0n) is 14.2. The summed E-state index contributed by atoms with van der Waals surface area (Å²) in [5.74, 6) is 0.762. The van der Waals surface area contributed by atoms with Gasteiger partial charge in [-0.3, -0.25) is 9.59 Å². The van der Waals surface area contributed by atoms with Crippen molar-refractivity contribution in [1.82, 2.24) is 0 Å². The molecule has 130 valence electrons. The van der Waals surface area contributed by atoms with E-state index in [1.165, 1.54) is 14.2 Å². The van der Waals surface area contributed by atoms with Crippen LogP contribution in [-0.2, 0) is 4.79 Å². The van der Waals surface area contributed by atoms with E-state index in [-0.39, 0.29) is 11.8 Å². The van der Waals surface area contributed by atoms with E-state index in [2.05, 4.69) is 5.32 Å². The van der Waals surface area contributed by atoms with Gasteiger partial charge >= 0.3 is 0 Å². The van der Waals surface area contributed by atoms with Gasteiger partial charge in [-0.15, -0.1) is 0 Å². The first-order chi connectivity index (χ1) is 12.1. The quantitative estimate of drug-likeness (QED) is 0.908. The Morgan fingerprint density at radius 2 is 1.92 bits per heavy atom. The molecule has 1 aliphatic heterocycles. The minimum Gasteiger partial charge on any atom is -0.497 e. The number of hydrogen-bond donors (Lipinski definition) is 1. The second-order valence-electron chi connectivity index (χ2n) is 5.69. The molecule has 0 atom stereocenters. The molecule has 0 spiro atoms. The van der Waals surface area contributed by atoms with E-state index in [1.807, 2.05) is 18.2 Å². The van der Waals surface area contributed by atoms with Crippen LogP contribution in [0.5, 0.6) is 11.5 Å². The molecule has 2 amide bonds. The van der Waals surface area contributed by atoms with Crippen LogP contribution in [-0.4, -0.2) is 32.6 Å². The van der Waals surface area contributed by atoms with E-state index in [0.717, 1.165) is 6.42 Å². The number of methoxy groups -OCH3 is 2. The highest BCUT2D eigenvalue weighted by Gasteiger charge is 2.24. The highest BCUT2D eigenvalue weighted by atomic mass is 16.5. The molecule has 2 aromatic carbocycles. The van der Waals surface area contributed by atoms with Crippen LogP contribution in [0, 0.1) is 0 Å². The number of para-hydroxylation sites is 2. The molecule has 1 saturated heterocycles. The maximum atomic E-state index is 12.8. The van der Waals surface area contributed by atoms with Gasteiger partial charge in [-0.25, -0.2) is 0 Å². The number of carbonyl (C=O) groups excluding carboxylic acids is 2. The average Bonchev–Trinajstić information content (AvgIpc) is 3.07. The van der Waals surface area contributed by atoms with Crippen molar-refractivity contribution in [3.8, 4) is 11.5 Å². The molecule has 0 bridgehead atoms. The van der Waals surface area contributed by atoms with Crippen molar-refractivity contribution in [1.29, 1.82) is 0 Å². The van der Waals surface area contributed by atoms with Crippen LogP contribution in [0.4, 0.5) is 11.4 Å². The zero-order chi connectivity index (χ0) is 17.8. The number of hydrogen-bond acceptors (Lipinski definition) is 4. The Bertz CT molecular complexity index is 804. The van der Waals surface area contributed by atoms with Crippen molar-refractivity contribution in [2.45, 2.75) is 12.8 Å². The van der Waals surface area contributed by atoms with Crippen LogP contribution < -0.4 is 19.7 Å². The predicted molar refractivity (Wildman–Crippen MR) is 95.5 cm³/mol. The Kier molecular flexibility index (Phi) is 4.88. The van der Waals surface area contributed by atoms with Gasteiger partial charge in [0.05, 0.1) is 31.2 Å². The lowest BCUT2D eigenvalue weighted by molar-refractivity contribution is -0.117. The number of benzene rings is 2. The summed E-state index contributed by atoms with van der Waals surface area (Å²) in [5.41, 5.74) is 1.66. The van der Waals surface area contributed by atoms with Gasteiger partial charge in [0.1, 0.15) is 11.5 Å². The number of anilines is 2. The van der Waals surface area contributed by atoms with Crippen LogP contribution in [0.1, 0.15) is 23.2 Å². The van der Waals surface area contributed by atoms with Crippen molar-refractivity contribution in [2.24, 2.45) is 0 Å². The molecule has 25 heavy (non-hydrogen) atoms. The number of nitrogens with zero attached hydrogens (tertiary/aromatic N) is 1. The summed E-state index contributed by atoms with van der Waals surface area (Å²) < 4.78 is 10.5. The SMILES string of the molecule is COc1ccc(OC)c(C(=O)Nc2ccccc2N2CCCC2=O)c1. The van der Waals surface area contributed by atoms with Gasteiger partial charge in [-0.1, -0.05) is 12.1 Å². The average molecular weight is 340 g/mol. The first-order valence-corrected chi connectivity index (χ1v) is 8.07. The topological polar surface area (TPSA) is 67.9 Å². The maximum absolute atomic E-state index is 12.8. The first-order valence-electron chi connectivity index (χ1n) is 8.07. The first kappa shape index (κ1) is 16.8. The van der Waals surface area contributed by atoms with E-state index in [9.17, 15) is 9.59 Å². The summed E-state index contributed by atoms with van der Waals surface area (Å²) in [6, 6.07) is 12.3. The molecule has 0 radical (unpaired) electrons. The fourth-order valence-corrected chi connectivity index (χ4v) is 2.90. The van der Waals surface area contributed by atoms with Crippen molar-refractivity contribution in [3.63, 3.8) is 0 Å². The standard InChI is InChI=1S/C19H20N2O4/c1-24-13-9-10-17(25-2)14(12-13)19(23)20-15-6-3-4-7-16(15)21-11-5-8-18(21)22/h3-4,6-7,9-10,12H,5,8,11H2,1-2H3,(H,20,23). The van der Waals surface area contributed by atoms with Gasteiger partial charge < -0.3 is 19.7 Å². The number of amides is 2.